The molecule has 0 radical (unpaired) electrons. The van der Waals surface area contributed by atoms with Gasteiger partial charge < -0.3 is 15.4 Å². The van der Waals surface area contributed by atoms with E-state index >= 15 is 0 Å². The molecule has 0 aliphatic heterocycles. The molecule has 2 rings (SSSR count). The zero-order chi connectivity index (χ0) is 15.2. The van der Waals surface area contributed by atoms with Crippen molar-refractivity contribution in [2.24, 2.45) is 0 Å². The molecule has 2 aromatic rings. The van der Waals surface area contributed by atoms with Crippen molar-refractivity contribution >= 4 is 23.3 Å². The lowest BCUT2D eigenvalue weighted by Crippen LogP contribution is -2.29. The maximum absolute atomic E-state index is 11.9. The maximum atomic E-state index is 11.9. The van der Waals surface area contributed by atoms with Crippen molar-refractivity contribution in [2.45, 2.75) is 6.92 Å². The molecule has 6 nitrogen and oxygen atoms in total. The van der Waals surface area contributed by atoms with Crippen LogP contribution in [0.2, 0.25) is 0 Å². The number of anilines is 2. The lowest BCUT2D eigenvalue weighted by Gasteiger charge is -2.09. The van der Waals surface area contributed by atoms with Crippen LogP contribution in [0.5, 0.6) is 5.75 Å². The number of aryl methyl sites for hydroxylation is 1. The minimum Gasteiger partial charge on any atom is -0.495 e. The van der Waals surface area contributed by atoms with E-state index in [0.29, 0.717) is 17.3 Å². The molecule has 0 unspecified atom stereocenters. The minimum atomic E-state index is -0.793. The Kier molecular flexibility index (Phi) is 4.50. The molecule has 2 amide bonds. The number of ether oxygens (including phenoxy) is 1. The van der Waals surface area contributed by atoms with Crippen LogP contribution in [0.3, 0.4) is 0 Å². The van der Waals surface area contributed by atoms with Gasteiger partial charge in [-0.25, -0.2) is 4.98 Å². The van der Waals surface area contributed by atoms with E-state index < -0.39 is 11.8 Å². The summed E-state index contributed by atoms with van der Waals surface area (Å²) in [5.41, 5.74) is 1.36. The maximum Gasteiger partial charge on any atom is 0.315 e. The molecule has 0 atom stereocenters. The summed E-state index contributed by atoms with van der Waals surface area (Å²) in [4.78, 5) is 27.7. The molecule has 0 spiro atoms. The summed E-state index contributed by atoms with van der Waals surface area (Å²) in [5, 5.41) is 4.93. The number of hydrogen-bond acceptors (Lipinski definition) is 4. The van der Waals surface area contributed by atoms with Crippen LogP contribution in [0.25, 0.3) is 0 Å². The van der Waals surface area contributed by atoms with Crippen molar-refractivity contribution in [3.8, 4) is 5.75 Å². The third kappa shape index (κ3) is 3.79. The number of rotatable bonds is 3. The van der Waals surface area contributed by atoms with Crippen LogP contribution in [0, 0.1) is 6.92 Å². The van der Waals surface area contributed by atoms with Gasteiger partial charge in [-0.1, -0.05) is 12.1 Å². The van der Waals surface area contributed by atoms with E-state index in [9.17, 15) is 9.59 Å². The van der Waals surface area contributed by atoms with E-state index in [1.807, 2.05) is 6.92 Å². The fourth-order valence-electron chi connectivity index (χ4n) is 1.70. The third-order valence-electron chi connectivity index (χ3n) is 2.72. The van der Waals surface area contributed by atoms with Crippen molar-refractivity contribution in [1.82, 2.24) is 4.98 Å². The van der Waals surface area contributed by atoms with Crippen molar-refractivity contribution in [2.75, 3.05) is 17.7 Å². The average Bonchev–Trinajstić information content (AvgIpc) is 2.47. The molecular weight excluding hydrogens is 270 g/mol. The number of carbonyl (C=O) groups excluding carboxylic acids is 2. The van der Waals surface area contributed by atoms with Crippen LogP contribution in [-0.2, 0) is 9.59 Å². The van der Waals surface area contributed by atoms with Crippen molar-refractivity contribution < 1.29 is 14.3 Å². The van der Waals surface area contributed by atoms with Gasteiger partial charge in [-0.3, -0.25) is 9.59 Å². The van der Waals surface area contributed by atoms with E-state index in [0.717, 1.165) is 5.56 Å². The summed E-state index contributed by atoms with van der Waals surface area (Å²) in [6, 6.07) is 10.3. The van der Waals surface area contributed by atoms with Gasteiger partial charge in [0.25, 0.3) is 0 Å². The Balaban J connectivity index is 2.04. The normalized spacial score (nSPS) is 9.81. The van der Waals surface area contributed by atoms with Gasteiger partial charge in [0.2, 0.25) is 0 Å². The Morgan fingerprint density at radius 3 is 2.52 bits per heavy atom. The molecular formula is C15H15N3O3. The molecule has 1 heterocycles. The Bertz CT molecular complexity index is 671. The largest absolute Gasteiger partial charge is 0.495 e. The standard InChI is InChI=1S/C15H15N3O3/c1-10-7-8-16-13(9-10)18-15(20)14(19)17-11-5-3-4-6-12(11)21-2/h3-9H,1-2H3,(H,17,19)(H,16,18,20). The number of carbonyl (C=O) groups is 2. The van der Waals surface area contributed by atoms with Gasteiger partial charge in [0, 0.05) is 6.20 Å². The molecule has 1 aromatic heterocycles. The Morgan fingerprint density at radius 1 is 1.10 bits per heavy atom. The lowest BCUT2D eigenvalue weighted by atomic mass is 10.3. The van der Waals surface area contributed by atoms with Gasteiger partial charge in [0.15, 0.2) is 0 Å². The molecule has 0 bridgehead atoms. The number of nitrogens with one attached hydrogen (secondary N) is 2. The number of nitrogens with zero attached hydrogens (tertiary/aromatic N) is 1. The molecule has 108 valence electrons. The van der Waals surface area contributed by atoms with Crippen molar-refractivity contribution in [1.29, 1.82) is 0 Å². The molecule has 0 aliphatic carbocycles. The molecule has 1 aromatic carbocycles. The highest BCUT2D eigenvalue weighted by Gasteiger charge is 2.16. The molecule has 0 saturated heterocycles. The SMILES string of the molecule is COc1ccccc1NC(=O)C(=O)Nc1cc(C)ccn1. The fraction of sp³-hybridized carbons (Fsp3) is 0.133. The summed E-state index contributed by atoms with van der Waals surface area (Å²) in [7, 11) is 1.49. The summed E-state index contributed by atoms with van der Waals surface area (Å²) in [6.07, 6.45) is 1.56. The van der Waals surface area contributed by atoms with E-state index in [1.54, 1.807) is 42.6 Å². The van der Waals surface area contributed by atoms with Gasteiger partial charge in [0.1, 0.15) is 11.6 Å². The third-order valence-corrected chi connectivity index (χ3v) is 2.72. The zero-order valence-corrected chi connectivity index (χ0v) is 11.7. The van der Waals surface area contributed by atoms with Crippen LogP contribution >= 0.6 is 0 Å². The predicted octanol–water partition coefficient (Wildman–Crippen LogP) is 1.98. The van der Waals surface area contributed by atoms with Crippen LogP contribution < -0.4 is 15.4 Å². The molecule has 21 heavy (non-hydrogen) atoms. The highest BCUT2D eigenvalue weighted by atomic mass is 16.5. The molecule has 0 saturated carbocycles. The second-order valence-electron chi connectivity index (χ2n) is 4.33. The quantitative estimate of drug-likeness (QED) is 0.845. The molecule has 2 N–H and O–H groups in total. The van der Waals surface area contributed by atoms with E-state index in [4.69, 9.17) is 4.74 Å². The predicted molar refractivity (Wildman–Crippen MR) is 79.2 cm³/mol. The topological polar surface area (TPSA) is 80.3 Å². The number of hydrogen-bond donors (Lipinski definition) is 2. The van der Waals surface area contributed by atoms with Gasteiger partial charge in [-0.2, -0.15) is 0 Å². The summed E-state index contributed by atoms with van der Waals surface area (Å²) in [5.74, 6) is -0.774. The lowest BCUT2D eigenvalue weighted by molar-refractivity contribution is -0.133. The first-order valence-electron chi connectivity index (χ1n) is 6.28. The van der Waals surface area contributed by atoms with Gasteiger partial charge in [-0.15, -0.1) is 0 Å². The smallest absolute Gasteiger partial charge is 0.315 e. The second-order valence-corrected chi connectivity index (χ2v) is 4.33. The molecule has 0 aliphatic rings. The summed E-state index contributed by atoms with van der Waals surface area (Å²) >= 11 is 0. The van der Waals surface area contributed by atoms with Crippen molar-refractivity contribution in [3.05, 3.63) is 48.2 Å². The van der Waals surface area contributed by atoms with Crippen LogP contribution in [-0.4, -0.2) is 23.9 Å². The van der Waals surface area contributed by atoms with E-state index in [1.165, 1.54) is 7.11 Å². The zero-order valence-electron chi connectivity index (χ0n) is 11.7. The number of benzene rings is 1. The Labute approximate surface area is 122 Å². The van der Waals surface area contributed by atoms with E-state index in [2.05, 4.69) is 15.6 Å². The summed E-state index contributed by atoms with van der Waals surface area (Å²) in [6.45, 7) is 1.87. The Morgan fingerprint density at radius 2 is 1.81 bits per heavy atom. The van der Waals surface area contributed by atoms with Crippen molar-refractivity contribution in [3.63, 3.8) is 0 Å². The molecule has 6 heteroatoms. The van der Waals surface area contributed by atoms with Crippen LogP contribution in [0.1, 0.15) is 5.56 Å². The van der Waals surface area contributed by atoms with Crippen LogP contribution in [0.4, 0.5) is 11.5 Å². The van der Waals surface area contributed by atoms with Crippen LogP contribution in [0.15, 0.2) is 42.6 Å². The van der Waals surface area contributed by atoms with Gasteiger partial charge in [0.05, 0.1) is 12.8 Å². The first-order chi connectivity index (χ1) is 10.1. The van der Waals surface area contributed by atoms with Gasteiger partial charge >= 0.3 is 11.8 Å². The minimum absolute atomic E-state index is 0.329. The monoisotopic (exact) mass is 285 g/mol. The first-order valence-corrected chi connectivity index (χ1v) is 6.28. The van der Waals surface area contributed by atoms with Gasteiger partial charge in [-0.05, 0) is 36.8 Å². The highest BCUT2D eigenvalue weighted by molar-refractivity contribution is 6.43. The fourth-order valence-corrected chi connectivity index (χ4v) is 1.70. The Hall–Kier alpha value is -2.89. The number of aromatic nitrogens is 1. The van der Waals surface area contributed by atoms with E-state index in [-0.39, 0.29) is 0 Å². The number of para-hydroxylation sites is 2. The second kappa shape index (κ2) is 6.51. The first kappa shape index (κ1) is 14.5. The summed E-state index contributed by atoms with van der Waals surface area (Å²) < 4.78 is 5.10. The highest BCUT2D eigenvalue weighted by Crippen LogP contribution is 2.22. The number of methoxy groups -OCH3 is 1. The number of amides is 2. The number of pyridine rings is 1. The average molecular weight is 285 g/mol. The molecule has 0 fully saturated rings.